The van der Waals surface area contributed by atoms with E-state index in [9.17, 15) is 68.4 Å². The lowest BCUT2D eigenvalue weighted by molar-refractivity contribution is -0.160. The number of aryl methyl sites for hydroxylation is 1. The number of rotatable bonds is 29. The van der Waals surface area contributed by atoms with Gasteiger partial charge in [-0.2, -0.15) is 0 Å². The molecule has 710 valence electrons. The Balaban J connectivity index is 0.794. The molecule has 6 aliphatic heterocycles. The highest BCUT2D eigenvalue weighted by molar-refractivity contribution is 6.23. The summed E-state index contributed by atoms with van der Waals surface area (Å²) in [6.07, 6.45) is 14.1. The Kier molecular flexibility index (Phi) is 28.9. The molecule has 0 spiro atoms. The molecule has 0 radical (unpaired) electrons. The number of Topliss-reactive ketones (excluding diaryl/α,β-unsaturated/α-hetero) is 2. The van der Waals surface area contributed by atoms with Crippen LogP contribution in [0.5, 0.6) is 17.2 Å². The number of nitrogens with one attached hydrogen (secondary N) is 4. The summed E-state index contributed by atoms with van der Waals surface area (Å²) < 4.78 is 56.5. The molecular formula is C99H120FN11O22. The van der Waals surface area contributed by atoms with Crippen molar-refractivity contribution in [2.45, 2.75) is 226 Å². The van der Waals surface area contributed by atoms with Gasteiger partial charge < -0.3 is 85.3 Å². The van der Waals surface area contributed by atoms with Gasteiger partial charge in [0.25, 0.3) is 29.1 Å². The van der Waals surface area contributed by atoms with E-state index in [1.54, 1.807) is 90.1 Å². The van der Waals surface area contributed by atoms with Crippen molar-refractivity contribution in [1.82, 2.24) is 29.8 Å². The van der Waals surface area contributed by atoms with E-state index in [2.05, 4.69) is 43.0 Å². The fraction of sp³-hybridized carbons (Fsp3) is 0.505. The maximum atomic E-state index is 16.7. The van der Waals surface area contributed by atoms with Crippen LogP contribution in [0.2, 0.25) is 0 Å². The van der Waals surface area contributed by atoms with Crippen LogP contribution < -0.4 is 57.3 Å². The SMILES string of the molecule is CO[C@H]1/C=C/O[C@@]2(C)Oc3c(C)c(O)c4c(=O)c(c5oc6cc(N7CCC(N(C)C8([C@H]9CCN(c%10c(F)cn%11c(=O)c(C(=O)O)cc(C%12CC%12)c%11c%10C)C9)CC8)CC7)cc(OCc7ccc(NC(=O)[C@H](CCCNC(N)=O)NC(=O)[C@@H](CC(=O)CCCCCN8C(=O)C=CC8=O)C(C)C)cc7)c6nc-5c4c3C2=O)NC(=O)/C(C)=C\C=C\[C@H](C)[C@H](O)[C@@H](C)[C@@H](O)[C@@H](C)[C@H](OC(C)=O)[C@@H]1C. The first-order valence-electron chi connectivity index (χ1n) is 46.0. The summed E-state index contributed by atoms with van der Waals surface area (Å²) >= 11 is 0. The molecule has 12 atom stereocenters. The number of ketones is 2. The predicted octanol–water partition coefficient (Wildman–Crippen LogP) is 11.7. The number of ether oxygens (including phenoxy) is 5. The second-order valence-electron chi connectivity index (χ2n) is 37.5. The number of carboxylic acid groups (broad SMARTS) is 1. The zero-order valence-corrected chi connectivity index (χ0v) is 77.4. The van der Waals surface area contributed by atoms with Gasteiger partial charge in [0.15, 0.2) is 22.9 Å². The van der Waals surface area contributed by atoms with Gasteiger partial charge in [0.05, 0.1) is 52.9 Å². The number of carboxylic acids is 1. The van der Waals surface area contributed by atoms with Crippen molar-refractivity contribution in [2.75, 3.05) is 73.9 Å². The summed E-state index contributed by atoms with van der Waals surface area (Å²) in [7, 11) is 3.58. The quantitative estimate of drug-likeness (QED) is 0.00691. The van der Waals surface area contributed by atoms with Crippen molar-refractivity contribution in [3.05, 3.63) is 157 Å². The molecule has 10 N–H and O–H groups in total. The van der Waals surface area contributed by atoms with Crippen LogP contribution in [-0.2, 0) is 54.4 Å². The Morgan fingerprint density at radius 1 is 0.835 bits per heavy atom. The number of methoxy groups -OCH3 is 1. The number of amides is 7. The molecule has 0 unspecified atom stereocenters. The molecule has 3 aliphatic carbocycles. The number of allylic oxidation sites excluding steroid dienone is 2. The average molecular weight is 1840 g/mol. The van der Waals surface area contributed by atoms with E-state index in [1.807, 2.05) is 6.92 Å². The number of pyridine rings is 2. The molecule has 14 rings (SSSR count). The molecule has 2 aromatic heterocycles. The van der Waals surface area contributed by atoms with Crippen LogP contribution in [0.3, 0.4) is 0 Å². The number of esters is 1. The Labute approximate surface area is 769 Å². The number of aromatic nitrogens is 2. The maximum Gasteiger partial charge on any atom is 0.341 e. The topological polar surface area (TPSA) is 449 Å². The zero-order chi connectivity index (χ0) is 95.8. The molecule has 2 saturated heterocycles. The van der Waals surface area contributed by atoms with E-state index >= 15 is 14.0 Å². The lowest BCUT2D eigenvalue weighted by Crippen LogP contribution is -2.51. The molecule has 34 heteroatoms. The number of aromatic hydroxyl groups is 1. The van der Waals surface area contributed by atoms with Crippen LogP contribution in [0.15, 0.2) is 111 Å². The number of halogens is 1. The number of primary amides is 1. The van der Waals surface area contributed by atoms with Gasteiger partial charge in [0.2, 0.25) is 17.2 Å². The molecule has 2 saturated carbocycles. The lowest BCUT2D eigenvalue weighted by Gasteiger charge is -2.43. The number of phenolic OH excluding ortho intramolecular Hbond substituents is 1. The number of urea groups is 1. The predicted molar refractivity (Wildman–Crippen MR) is 494 cm³/mol. The van der Waals surface area contributed by atoms with E-state index < -0.39 is 147 Å². The van der Waals surface area contributed by atoms with Gasteiger partial charge in [-0.25, -0.2) is 19.0 Å². The van der Waals surface area contributed by atoms with E-state index in [4.69, 9.17) is 38.8 Å². The van der Waals surface area contributed by atoms with E-state index in [0.29, 0.717) is 92.0 Å². The smallest absolute Gasteiger partial charge is 0.341 e. The highest BCUT2D eigenvalue weighted by Crippen LogP contribution is 2.55. The van der Waals surface area contributed by atoms with Crippen molar-refractivity contribution < 1.29 is 101 Å². The maximum absolute atomic E-state index is 16.7. The number of aliphatic hydroxyl groups excluding tert-OH is 2. The van der Waals surface area contributed by atoms with Gasteiger partial charge in [-0.05, 0) is 157 Å². The third-order valence-corrected chi connectivity index (χ3v) is 28.2. The molecule has 3 aromatic carbocycles. The van der Waals surface area contributed by atoms with Crippen LogP contribution in [0.4, 0.5) is 31.9 Å². The Hall–Kier alpha value is -12.4. The summed E-state index contributed by atoms with van der Waals surface area (Å²) in [4.78, 5) is 176. The number of carbonyl (C=O) groups is 10. The number of hydrogen-bond donors (Lipinski definition) is 9. The number of piperidine rings is 1. The summed E-state index contributed by atoms with van der Waals surface area (Å²) in [6, 6.07) is 9.84. The average Bonchev–Trinajstić information content (AvgIpc) is 1.57. The minimum Gasteiger partial charge on any atom is -0.507 e. The highest BCUT2D eigenvalue weighted by atomic mass is 19.1. The monoisotopic (exact) mass is 1830 g/mol. The minimum atomic E-state index is -2.23. The highest BCUT2D eigenvalue weighted by Gasteiger charge is 2.57. The Bertz CT molecular complexity index is 5970. The van der Waals surface area contributed by atoms with E-state index in [1.165, 1.54) is 75.8 Å². The number of anilines is 4. The number of fused-ring (bicyclic) bond motifs is 3. The third kappa shape index (κ3) is 20.0. The molecule has 4 fully saturated rings. The number of unbranched alkanes of at least 4 members (excludes halogenated alkanes) is 2. The molecule has 4 bridgehead atoms. The summed E-state index contributed by atoms with van der Waals surface area (Å²) in [5.74, 6) is -13.4. The molecule has 8 heterocycles. The standard InChI is InChI=1S/C99H120FN11O22/c1-50(2)66(45-65(113)21-15-14-16-38-110-74(114)29-30-75(110)115)93(122)104-70(22-18-37-102-97(101)127)94(123)103-62-27-23-59(24-28-62)49-129-72-43-64(108-40-32-63(33-41-108)107(12)99(35-36-99)61-31-39-109(47-61)83-54(6)82-67(60-25-26-60)46-68(96(125)126)95(124)111(82)48-69(83)100)44-73-79(72)105-80-76-77-86(118)57(9)89-78(76)91(120)98(11,133-89)130-42-34-71(128-13)53(5)88(131-58(10)112)56(8)85(117)55(7)84(116)51(3)19-17-20-52(4)92(121)106-81(87(77)119)90(80)132-73/h17,19-20,23-24,27-30,34,42-44,46,48,50-51,53,55-56,60-61,63,66,70-71,84-85,88,116-118H,14-16,18,21-22,25-26,31-33,35-41,45,47,49H2,1-13H3,(H,103,123)(H,104,122)(H,106,121)(H,125,126)(H3,101,102,127)/b19-17+,42-34+,52-20-/t51-,53+,55+,56+,61-,66-,70-,71-,84-,85+,88+,98-/m0/s1. The first kappa shape index (κ1) is 96.6. The van der Waals surface area contributed by atoms with Gasteiger partial charge in [-0.15, -0.1) is 0 Å². The van der Waals surface area contributed by atoms with Crippen LogP contribution >= 0.6 is 0 Å². The summed E-state index contributed by atoms with van der Waals surface area (Å²) in [5, 5.41) is 56.6. The number of carbonyl (C=O) groups excluding carboxylic acids is 9. The molecule has 133 heavy (non-hydrogen) atoms. The number of nitrogens with two attached hydrogens (primary N) is 1. The number of nitrogens with zero attached hydrogens (tertiary/aromatic N) is 6. The number of benzene rings is 4. The number of aliphatic hydroxyl groups is 2. The largest absolute Gasteiger partial charge is 0.507 e. The first-order valence-corrected chi connectivity index (χ1v) is 46.0. The van der Waals surface area contributed by atoms with Gasteiger partial charge in [0, 0.05) is 166 Å². The number of hydrogen-bond acceptors (Lipinski definition) is 25. The molecular weight excluding hydrogens is 1710 g/mol. The van der Waals surface area contributed by atoms with Crippen LogP contribution in [0.25, 0.3) is 38.8 Å². The Morgan fingerprint density at radius 2 is 1.53 bits per heavy atom. The normalized spacial score (nSPS) is 24.3. The summed E-state index contributed by atoms with van der Waals surface area (Å²) in [5.41, 5.74) is 6.00. The number of phenols is 1. The van der Waals surface area contributed by atoms with Crippen molar-refractivity contribution in [3.63, 3.8) is 0 Å². The van der Waals surface area contributed by atoms with Gasteiger partial charge in [-0.1, -0.05) is 78.3 Å². The number of aromatic carboxylic acids is 1. The fourth-order valence-electron chi connectivity index (χ4n) is 20.0. The molecule has 7 amide bonds. The first-order chi connectivity index (χ1) is 63.2. The van der Waals surface area contributed by atoms with E-state index in [-0.39, 0.29) is 148 Å². The van der Waals surface area contributed by atoms with Crippen LogP contribution in [0.1, 0.15) is 201 Å². The van der Waals surface area contributed by atoms with Gasteiger partial charge in [0.1, 0.15) is 58.5 Å². The van der Waals surface area contributed by atoms with Crippen molar-refractivity contribution >= 4 is 109 Å². The van der Waals surface area contributed by atoms with Gasteiger partial charge >= 0.3 is 23.8 Å². The van der Waals surface area contributed by atoms with Crippen LogP contribution in [0, 0.1) is 61.1 Å². The molecule has 33 nitrogen and oxygen atoms in total. The van der Waals surface area contributed by atoms with Crippen molar-refractivity contribution in [2.24, 2.45) is 47.2 Å². The number of imide groups is 1. The molecule has 5 aromatic rings. The Morgan fingerprint density at radius 3 is 2.19 bits per heavy atom. The van der Waals surface area contributed by atoms with Crippen LogP contribution in [-0.4, -0.2) is 200 Å². The molecule has 9 aliphatic rings. The fourth-order valence-corrected chi connectivity index (χ4v) is 20.0. The van der Waals surface area contributed by atoms with E-state index in [0.717, 1.165) is 48.8 Å². The second kappa shape index (κ2) is 39.8. The second-order valence-corrected chi connectivity index (χ2v) is 37.5. The minimum absolute atomic E-state index is 0.0424. The third-order valence-electron chi connectivity index (χ3n) is 28.2. The zero-order valence-electron chi connectivity index (χ0n) is 77.4. The van der Waals surface area contributed by atoms with Crippen molar-refractivity contribution in [1.29, 1.82) is 0 Å². The summed E-state index contributed by atoms with van der Waals surface area (Å²) in [6.45, 7) is 20.0. The van der Waals surface area contributed by atoms with Crippen molar-refractivity contribution in [3.8, 4) is 28.7 Å². The van der Waals surface area contributed by atoms with Gasteiger partial charge in [-0.3, -0.25) is 62.1 Å². The lowest BCUT2D eigenvalue weighted by atomic mass is 9.78.